The van der Waals surface area contributed by atoms with Crippen LogP contribution in [0.2, 0.25) is 0 Å². The normalized spacial score (nSPS) is 12.7. The molecule has 26 heavy (non-hydrogen) atoms. The van der Waals surface area contributed by atoms with Gasteiger partial charge < -0.3 is 14.6 Å². The maximum Gasteiger partial charge on any atom is 0.262 e. The standard InChI is InChI=1S/C21H21N3O2/c1-15-4-2-5-18(12-15)26-14-21(25)23-17-9-7-16(8-10-17)19-13-22-20-6-3-11-24(19)20/h2,4-5,7-10,12-13H,3,6,11,14H2,1H3,(H,23,25). The highest BCUT2D eigenvalue weighted by Crippen LogP contribution is 2.26. The van der Waals surface area contributed by atoms with E-state index in [1.54, 1.807) is 0 Å². The fourth-order valence-corrected chi connectivity index (χ4v) is 3.26. The lowest BCUT2D eigenvalue weighted by atomic mass is 10.1. The highest BCUT2D eigenvalue weighted by molar-refractivity contribution is 5.92. The van der Waals surface area contributed by atoms with Gasteiger partial charge in [-0.2, -0.15) is 0 Å². The number of aromatic nitrogens is 2. The number of anilines is 1. The summed E-state index contributed by atoms with van der Waals surface area (Å²) in [5.41, 5.74) is 4.11. The van der Waals surface area contributed by atoms with Crippen molar-refractivity contribution in [1.29, 1.82) is 0 Å². The SMILES string of the molecule is Cc1cccc(OCC(=O)Nc2ccc(-c3cnc4n3CCC4)cc2)c1. The Hall–Kier alpha value is -3.08. The van der Waals surface area contributed by atoms with Crippen molar-refractivity contribution in [3.8, 4) is 17.0 Å². The number of amides is 1. The van der Waals surface area contributed by atoms with Gasteiger partial charge in [0.1, 0.15) is 11.6 Å². The molecule has 0 bridgehead atoms. The van der Waals surface area contributed by atoms with Gasteiger partial charge in [0.05, 0.1) is 11.9 Å². The lowest BCUT2D eigenvalue weighted by Gasteiger charge is -2.09. The van der Waals surface area contributed by atoms with Crippen LogP contribution in [0.5, 0.6) is 5.75 Å². The number of nitrogens with one attached hydrogen (secondary N) is 1. The minimum absolute atomic E-state index is 0.0126. The van der Waals surface area contributed by atoms with Gasteiger partial charge in [-0.15, -0.1) is 0 Å². The highest BCUT2D eigenvalue weighted by atomic mass is 16.5. The second-order valence-electron chi connectivity index (χ2n) is 6.55. The number of aryl methyl sites for hydroxylation is 2. The Morgan fingerprint density at radius 3 is 2.88 bits per heavy atom. The number of hydrogen-bond donors (Lipinski definition) is 1. The number of benzene rings is 2. The molecule has 0 aliphatic carbocycles. The fraction of sp³-hybridized carbons (Fsp3) is 0.238. The van der Waals surface area contributed by atoms with Crippen LogP contribution < -0.4 is 10.1 Å². The smallest absolute Gasteiger partial charge is 0.262 e. The molecule has 0 spiro atoms. The summed E-state index contributed by atoms with van der Waals surface area (Å²) in [6.45, 7) is 3.01. The second-order valence-corrected chi connectivity index (χ2v) is 6.55. The van der Waals surface area contributed by atoms with E-state index >= 15 is 0 Å². The number of carbonyl (C=O) groups excluding carboxylic acids is 1. The first kappa shape index (κ1) is 16.4. The van der Waals surface area contributed by atoms with Crippen molar-refractivity contribution in [2.24, 2.45) is 0 Å². The minimum Gasteiger partial charge on any atom is -0.484 e. The van der Waals surface area contributed by atoms with Gasteiger partial charge in [-0.1, -0.05) is 24.3 Å². The number of carbonyl (C=O) groups is 1. The molecule has 0 saturated heterocycles. The van der Waals surface area contributed by atoms with E-state index in [0.29, 0.717) is 5.75 Å². The molecule has 5 nitrogen and oxygen atoms in total. The van der Waals surface area contributed by atoms with E-state index in [0.717, 1.165) is 47.7 Å². The molecule has 1 amide bonds. The van der Waals surface area contributed by atoms with Gasteiger partial charge in [0.15, 0.2) is 6.61 Å². The number of ether oxygens (including phenoxy) is 1. The molecular formula is C21H21N3O2. The molecule has 0 fully saturated rings. The molecule has 0 atom stereocenters. The molecule has 3 aromatic rings. The molecule has 1 aliphatic rings. The molecular weight excluding hydrogens is 326 g/mol. The topological polar surface area (TPSA) is 56.1 Å². The van der Waals surface area contributed by atoms with Crippen LogP contribution in [-0.4, -0.2) is 22.1 Å². The van der Waals surface area contributed by atoms with Crippen molar-refractivity contribution in [2.75, 3.05) is 11.9 Å². The summed E-state index contributed by atoms with van der Waals surface area (Å²) in [7, 11) is 0. The average molecular weight is 347 g/mol. The Labute approximate surface area is 152 Å². The average Bonchev–Trinajstić information content (AvgIpc) is 3.25. The minimum atomic E-state index is -0.176. The highest BCUT2D eigenvalue weighted by Gasteiger charge is 2.16. The van der Waals surface area contributed by atoms with Crippen molar-refractivity contribution >= 4 is 11.6 Å². The van der Waals surface area contributed by atoms with Crippen LogP contribution in [0.3, 0.4) is 0 Å². The van der Waals surface area contributed by atoms with Crippen LogP contribution in [0.15, 0.2) is 54.7 Å². The summed E-state index contributed by atoms with van der Waals surface area (Å²) in [5, 5.41) is 2.87. The monoisotopic (exact) mass is 347 g/mol. The summed E-state index contributed by atoms with van der Waals surface area (Å²) in [4.78, 5) is 16.6. The maximum atomic E-state index is 12.1. The van der Waals surface area contributed by atoms with Gasteiger partial charge >= 0.3 is 0 Å². The zero-order valence-electron chi connectivity index (χ0n) is 14.7. The van der Waals surface area contributed by atoms with Crippen molar-refractivity contribution in [3.63, 3.8) is 0 Å². The first-order chi connectivity index (χ1) is 12.7. The number of fused-ring (bicyclic) bond motifs is 1. The number of imidazole rings is 1. The van der Waals surface area contributed by atoms with E-state index in [9.17, 15) is 4.79 Å². The largest absolute Gasteiger partial charge is 0.484 e. The lowest BCUT2D eigenvalue weighted by Crippen LogP contribution is -2.20. The van der Waals surface area contributed by atoms with E-state index < -0.39 is 0 Å². The number of rotatable bonds is 5. The number of hydrogen-bond acceptors (Lipinski definition) is 3. The van der Waals surface area contributed by atoms with Gasteiger partial charge in [0.25, 0.3) is 5.91 Å². The summed E-state index contributed by atoms with van der Waals surface area (Å²) in [5.74, 6) is 1.68. The van der Waals surface area contributed by atoms with Crippen LogP contribution >= 0.6 is 0 Å². The molecule has 0 radical (unpaired) electrons. The van der Waals surface area contributed by atoms with E-state index in [2.05, 4.69) is 14.9 Å². The third-order valence-corrected chi connectivity index (χ3v) is 4.54. The molecule has 4 rings (SSSR count). The zero-order chi connectivity index (χ0) is 17.9. The lowest BCUT2D eigenvalue weighted by molar-refractivity contribution is -0.118. The quantitative estimate of drug-likeness (QED) is 0.763. The second kappa shape index (κ2) is 7.04. The van der Waals surface area contributed by atoms with Gasteiger partial charge in [-0.3, -0.25) is 4.79 Å². The first-order valence-corrected chi connectivity index (χ1v) is 8.83. The Bertz CT molecular complexity index is 929. The third-order valence-electron chi connectivity index (χ3n) is 4.54. The van der Waals surface area contributed by atoms with E-state index in [1.807, 2.05) is 61.7 Å². The molecule has 5 heteroatoms. The summed E-state index contributed by atoms with van der Waals surface area (Å²) < 4.78 is 7.80. The van der Waals surface area contributed by atoms with E-state index in [-0.39, 0.29) is 12.5 Å². The Kier molecular flexibility index (Phi) is 4.44. The predicted molar refractivity (Wildman–Crippen MR) is 101 cm³/mol. The Balaban J connectivity index is 1.37. The van der Waals surface area contributed by atoms with Crippen molar-refractivity contribution in [1.82, 2.24) is 9.55 Å². The van der Waals surface area contributed by atoms with Crippen molar-refractivity contribution in [3.05, 3.63) is 66.1 Å². The van der Waals surface area contributed by atoms with Crippen LogP contribution in [-0.2, 0) is 17.8 Å². The van der Waals surface area contributed by atoms with E-state index in [1.165, 1.54) is 0 Å². The summed E-state index contributed by atoms with van der Waals surface area (Å²) in [6.07, 6.45) is 4.14. The zero-order valence-corrected chi connectivity index (χ0v) is 14.7. The molecule has 2 heterocycles. The van der Waals surface area contributed by atoms with Gasteiger partial charge in [0, 0.05) is 18.7 Å². The van der Waals surface area contributed by atoms with Gasteiger partial charge in [-0.25, -0.2) is 4.98 Å². The first-order valence-electron chi connectivity index (χ1n) is 8.83. The molecule has 1 aliphatic heterocycles. The van der Waals surface area contributed by atoms with Crippen LogP contribution in [0.1, 0.15) is 17.8 Å². The molecule has 132 valence electrons. The Morgan fingerprint density at radius 1 is 1.23 bits per heavy atom. The molecule has 1 aromatic heterocycles. The molecule has 0 saturated carbocycles. The Morgan fingerprint density at radius 2 is 2.08 bits per heavy atom. The van der Waals surface area contributed by atoms with E-state index in [4.69, 9.17) is 4.74 Å². The summed E-state index contributed by atoms with van der Waals surface area (Å²) >= 11 is 0. The molecule has 2 aromatic carbocycles. The summed E-state index contributed by atoms with van der Waals surface area (Å²) in [6, 6.07) is 15.5. The maximum absolute atomic E-state index is 12.1. The van der Waals surface area contributed by atoms with Crippen molar-refractivity contribution in [2.45, 2.75) is 26.3 Å². The van der Waals surface area contributed by atoms with Gasteiger partial charge in [-0.05, 0) is 48.7 Å². The fourth-order valence-electron chi connectivity index (χ4n) is 3.26. The third kappa shape index (κ3) is 3.47. The molecule has 1 N–H and O–H groups in total. The van der Waals surface area contributed by atoms with Crippen LogP contribution in [0.25, 0.3) is 11.3 Å². The molecule has 0 unspecified atom stereocenters. The number of nitrogens with zero attached hydrogens (tertiary/aromatic N) is 2. The predicted octanol–water partition coefficient (Wildman–Crippen LogP) is 3.82. The van der Waals surface area contributed by atoms with Crippen LogP contribution in [0.4, 0.5) is 5.69 Å². The van der Waals surface area contributed by atoms with Crippen LogP contribution in [0, 0.1) is 6.92 Å². The van der Waals surface area contributed by atoms with Gasteiger partial charge in [0.2, 0.25) is 0 Å². The van der Waals surface area contributed by atoms with Crippen molar-refractivity contribution < 1.29 is 9.53 Å².